The second-order valence-electron chi connectivity index (χ2n) is 7.05. The molecule has 0 saturated carbocycles. The predicted octanol–water partition coefficient (Wildman–Crippen LogP) is 4.58. The van der Waals surface area contributed by atoms with Gasteiger partial charge in [-0.1, -0.05) is 34.1 Å². The zero-order valence-electron chi connectivity index (χ0n) is 15.6. The molecule has 0 radical (unpaired) electrons. The van der Waals surface area contributed by atoms with Gasteiger partial charge in [-0.2, -0.15) is 0 Å². The summed E-state index contributed by atoms with van der Waals surface area (Å²) in [5, 5.41) is 3.31. The Morgan fingerprint density at radius 1 is 1.21 bits per heavy atom. The van der Waals surface area contributed by atoms with Crippen LogP contribution in [-0.4, -0.2) is 18.9 Å². The normalized spacial score (nSPS) is 22.0. The fourth-order valence-electron chi connectivity index (χ4n) is 4.16. The summed E-state index contributed by atoms with van der Waals surface area (Å²) in [6.45, 7) is 1.85. The van der Waals surface area contributed by atoms with Gasteiger partial charge in [0.25, 0.3) is 0 Å². The van der Waals surface area contributed by atoms with Crippen LogP contribution in [0.15, 0.2) is 74.1 Å². The fourth-order valence-corrected chi connectivity index (χ4v) is 4.68. The average molecular weight is 442 g/mol. The third kappa shape index (κ3) is 3.11. The van der Waals surface area contributed by atoms with Gasteiger partial charge in [0, 0.05) is 39.7 Å². The highest BCUT2D eigenvalue weighted by atomic mass is 79.9. The van der Waals surface area contributed by atoms with Gasteiger partial charge in [-0.05, 0) is 37.1 Å². The van der Waals surface area contributed by atoms with E-state index in [0.717, 1.165) is 21.5 Å². The number of furan rings is 1. The molecule has 0 amide bonds. The van der Waals surface area contributed by atoms with Gasteiger partial charge >= 0.3 is 5.97 Å². The lowest BCUT2D eigenvalue weighted by atomic mass is 9.72. The van der Waals surface area contributed by atoms with Gasteiger partial charge < -0.3 is 14.5 Å². The maximum absolute atomic E-state index is 13.3. The first kappa shape index (κ1) is 18.7. The standard InChI is InChI=1S/C22H20BrNO4/c1-12-19(22(26)27-2)20(14-6-3-4-7-15(14)23)21-16(24-12)10-13(11-17(21)25)18-8-5-9-28-18/h3-9,13,20,24H,10-11H2,1-2H3. The van der Waals surface area contributed by atoms with E-state index in [9.17, 15) is 9.59 Å². The highest BCUT2D eigenvalue weighted by Gasteiger charge is 2.42. The number of rotatable bonds is 3. The van der Waals surface area contributed by atoms with Gasteiger partial charge in [0.15, 0.2) is 5.78 Å². The van der Waals surface area contributed by atoms with Crippen molar-refractivity contribution in [2.75, 3.05) is 7.11 Å². The van der Waals surface area contributed by atoms with Crippen molar-refractivity contribution in [3.63, 3.8) is 0 Å². The third-order valence-corrected chi connectivity index (χ3v) is 6.12. The van der Waals surface area contributed by atoms with Crippen LogP contribution >= 0.6 is 15.9 Å². The molecular formula is C22H20BrNO4. The number of dihydropyridines is 1. The number of hydrogen-bond donors (Lipinski definition) is 1. The minimum Gasteiger partial charge on any atom is -0.469 e. The summed E-state index contributed by atoms with van der Waals surface area (Å²) in [4.78, 5) is 25.9. The molecule has 0 saturated heterocycles. The van der Waals surface area contributed by atoms with Crippen molar-refractivity contribution in [1.29, 1.82) is 0 Å². The van der Waals surface area contributed by atoms with Crippen LogP contribution < -0.4 is 5.32 Å². The Hall–Kier alpha value is -2.60. The molecule has 1 aromatic carbocycles. The highest BCUT2D eigenvalue weighted by molar-refractivity contribution is 9.10. The molecule has 1 aliphatic heterocycles. The van der Waals surface area contributed by atoms with Crippen LogP contribution in [0.5, 0.6) is 0 Å². The number of carbonyl (C=O) groups is 2. The molecule has 28 heavy (non-hydrogen) atoms. The number of carbonyl (C=O) groups excluding carboxylic acids is 2. The van der Waals surface area contributed by atoms with E-state index in [1.54, 1.807) is 6.26 Å². The lowest BCUT2D eigenvalue weighted by Crippen LogP contribution is -2.36. The zero-order valence-corrected chi connectivity index (χ0v) is 17.2. The monoisotopic (exact) mass is 441 g/mol. The summed E-state index contributed by atoms with van der Waals surface area (Å²) >= 11 is 3.59. The summed E-state index contributed by atoms with van der Waals surface area (Å²) in [6.07, 6.45) is 2.63. The summed E-state index contributed by atoms with van der Waals surface area (Å²) in [6, 6.07) is 11.4. The maximum atomic E-state index is 13.3. The lowest BCUT2D eigenvalue weighted by molar-refractivity contribution is -0.136. The molecule has 4 rings (SSSR count). The van der Waals surface area contributed by atoms with Crippen LogP contribution in [0.25, 0.3) is 0 Å². The van der Waals surface area contributed by atoms with E-state index >= 15 is 0 Å². The molecule has 1 N–H and O–H groups in total. The summed E-state index contributed by atoms with van der Waals surface area (Å²) in [5.41, 5.74) is 3.54. The number of esters is 1. The van der Waals surface area contributed by atoms with E-state index in [1.165, 1.54) is 7.11 Å². The zero-order chi connectivity index (χ0) is 19.8. The Morgan fingerprint density at radius 3 is 2.68 bits per heavy atom. The van der Waals surface area contributed by atoms with Crippen molar-refractivity contribution >= 4 is 27.7 Å². The minimum absolute atomic E-state index is 0.0129. The van der Waals surface area contributed by atoms with Gasteiger partial charge in [-0.15, -0.1) is 0 Å². The molecule has 5 nitrogen and oxygen atoms in total. The molecule has 6 heteroatoms. The number of allylic oxidation sites excluding steroid dienone is 3. The summed E-state index contributed by atoms with van der Waals surface area (Å²) < 4.78 is 11.4. The number of hydrogen-bond acceptors (Lipinski definition) is 5. The first-order chi connectivity index (χ1) is 13.5. The van der Waals surface area contributed by atoms with E-state index in [-0.39, 0.29) is 11.7 Å². The number of methoxy groups -OCH3 is 1. The quantitative estimate of drug-likeness (QED) is 0.706. The second-order valence-corrected chi connectivity index (χ2v) is 7.90. The first-order valence-corrected chi connectivity index (χ1v) is 9.90. The highest BCUT2D eigenvalue weighted by Crippen LogP contribution is 2.47. The number of benzene rings is 1. The predicted molar refractivity (Wildman–Crippen MR) is 107 cm³/mol. The van der Waals surface area contributed by atoms with Crippen molar-refractivity contribution in [1.82, 2.24) is 5.32 Å². The van der Waals surface area contributed by atoms with Crippen molar-refractivity contribution in [2.24, 2.45) is 0 Å². The van der Waals surface area contributed by atoms with E-state index < -0.39 is 11.9 Å². The van der Waals surface area contributed by atoms with Crippen LogP contribution in [0.4, 0.5) is 0 Å². The Kier molecular flexibility index (Phi) is 4.98. The fraction of sp³-hybridized carbons (Fsp3) is 0.273. The van der Waals surface area contributed by atoms with Gasteiger partial charge in [0.2, 0.25) is 0 Å². The molecule has 1 aromatic heterocycles. The molecule has 144 valence electrons. The number of halogens is 1. The molecular weight excluding hydrogens is 422 g/mol. The molecule has 1 aliphatic carbocycles. The van der Waals surface area contributed by atoms with Gasteiger partial charge in [0.1, 0.15) is 5.76 Å². The number of ether oxygens (including phenoxy) is 1. The number of ketones is 1. The van der Waals surface area contributed by atoms with Crippen molar-refractivity contribution < 1.29 is 18.7 Å². The van der Waals surface area contributed by atoms with Crippen LogP contribution in [0.3, 0.4) is 0 Å². The molecule has 0 spiro atoms. The van der Waals surface area contributed by atoms with Crippen molar-refractivity contribution in [3.05, 3.63) is 81.0 Å². The Morgan fingerprint density at radius 2 is 2.00 bits per heavy atom. The minimum atomic E-state index is -0.468. The maximum Gasteiger partial charge on any atom is 0.336 e. The summed E-state index contributed by atoms with van der Waals surface area (Å²) in [5.74, 6) is -0.0898. The Bertz CT molecular complexity index is 1000. The number of Topliss-reactive ketones (excluding diaryl/α,β-unsaturated/α-hetero) is 1. The average Bonchev–Trinajstić information content (AvgIpc) is 3.21. The third-order valence-electron chi connectivity index (χ3n) is 5.39. The van der Waals surface area contributed by atoms with E-state index in [1.807, 2.05) is 43.3 Å². The number of nitrogens with one attached hydrogen (secondary N) is 1. The Labute approximate surface area is 171 Å². The summed E-state index contributed by atoms with van der Waals surface area (Å²) in [7, 11) is 1.36. The Balaban J connectivity index is 1.85. The SMILES string of the molecule is COC(=O)C1=C(C)NC2=C(C(=O)CC(c3ccco3)C2)C1c1ccccc1Br. The van der Waals surface area contributed by atoms with Gasteiger partial charge in [-0.3, -0.25) is 4.79 Å². The smallest absolute Gasteiger partial charge is 0.336 e. The van der Waals surface area contributed by atoms with Crippen LogP contribution in [0.2, 0.25) is 0 Å². The van der Waals surface area contributed by atoms with Gasteiger partial charge in [-0.25, -0.2) is 4.79 Å². The molecule has 2 heterocycles. The molecule has 0 fully saturated rings. The molecule has 2 atom stereocenters. The molecule has 2 aromatic rings. The lowest BCUT2D eigenvalue weighted by Gasteiger charge is -2.36. The topological polar surface area (TPSA) is 68.5 Å². The first-order valence-electron chi connectivity index (χ1n) is 9.11. The van der Waals surface area contributed by atoms with Crippen LogP contribution in [-0.2, 0) is 14.3 Å². The van der Waals surface area contributed by atoms with Crippen molar-refractivity contribution in [3.8, 4) is 0 Å². The van der Waals surface area contributed by atoms with E-state index in [2.05, 4.69) is 21.2 Å². The van der Waals surface area contributed by atoms with Crippen molar-refractivity contribution in [2.45, 2.75) is 31.6 Å². The second kappa shape index (κ2) is 7.43. The van der Waals surface area contributed by atoms with E-state index in [0.29, 0.717) is 29.7 Å². The van der Waals surface area contributed by atoms with Gasteiger partial charge in [0.05, 0.1) is 18.9 Å². The molecule has 0 bridgehead atoms. The van der Waals surface area contributed by atoms with Crippen LogP contribution in [0, 0.1) is 0 Å². The van der Waals surface area contributed by atoms with E-state index in [4.69, 9.17) is 9.15 Å². The molecule has 2 aliphatic rings. The molecule has 2 unspecified atom stereocenters. The largest absolute Gasteiger partial charge is 0.469 e. The van der Waals surface area contributed by atoms with Crippen LogP contribution in [0.1, 0.15) is 42.9 Å².